The molecule has 3 rings (SSSR count). The van der Waals surface area contributed by atoms with Gasteiger partial charge in [0.1, 0.15) is 6.10 Å². The molecule has 3 atom stereocenters. The molecule has 0 N–H and O–H groups in total. The minimum atomic E-state index is -1.36. The second kappa shape index (κ2) is 3.25. The Morgan fingerprint density at radius 1 is 1.38 bits per heavy atom. The number of aryl methyl sites for hydroxylation is 1. The third kappa shape index (κ3) is 1.23. The molecular weight excluding hydrogens is 224 g/mol. The summed E-state index contributed by atoms with van der Waals surface area (Å²) in [6.45, 7) is 1.97. The first kappa shape index (κ1) is 10.2. The number of benzene rings is 1. The van der Waals surface area contributed by atoms with Crippen LogP contribution in [0.5, 0.6) is 0 Å². The van der Waals surface area contributed by atoms with Crippen molar-refractivity contribution < 1.29 is 13.7 Å². The summed E-state index contributed by atoms with van der Waals surface area (Å²) in [6, 6.07) is 7.43. The highest BCUT2D eigenvalue weighted by molar-refractivity contribution is 7.87. The predicted molar refractivity (Wildman–Crippen MR) is 59.4 cm³/mol. The molecular formula is C12H12O3S. The largest absolute Gasteiger partial charge is 0.344 e. The van der Waals surface area contributed by atoms with Gasteiger partial charge in [0.25, 0.3) is 0 Å². The Hall–Kier alpha value is -1.00. The average molecular weight is 236 g/mol. The van der Waals surface area contributed by atoms with Gasteiger partial charge >= 0.3 is 0 Å². The third-order valence-electron chi connectivity index (χ3n) is 3.22. The zero-order valence-corrected chi connectivity index (χ0v) is 9.75. The van der Waals surface area contributed by atoms with Crippen molar-refractivity contribution >= 4 is 16.6 Å². The number of rotatable bonds is 2. The van der Waals surface area contributed by atoms with E-state index in [9.17, 15) is 9.00 Å². The molecule has 4 heteroatoms. The van der Waals surface area contributed by atoms with E-state index in [1.165, 1.54) is 0 Å². The molecule has 1 aromatic carbocycles. The van der Waals surface area contributed by atoms with Crippen LogP contribution in [0.25, 0.3) is 0 Å². The Labute approximate surface area is 96.3 Å². The van der Waals surface area contributed by atoms with Crippen molar-refractivity contribution in [2.45, 2.75) is 35.7 Å². The fourth-order valence-electron chi connectivity index (χ4n) is 2.21. The number of hydrogen-bond donors (Lipinski definition) is 0. The van der Waals surface area contributed by atoms with Crippen molar-refractivity contribution in [2.24, 2.45) is 0 Å². The Morgan fingerprint density at radius 2 is 2.06 bits per heavy atom. The first-order valence-electron chi connectivity index (χ1n) is 5.34. The first-order chi connectivity index (χ1) is 7.64. The van der Waals surface area contributed by atoms with Crippen LogP contribution in [0.2, 0.25) is 0 Å². The van der Waals surface area contributed by atoms with Crippen LogP contribution in [0, 0.1) is 6.92 Å². The maximum Gasteiger partial charge on any atom is 0.232 e. The molecule has 0 bridgehead atoms. The Balaban J connectivity index is 1.94. The van der Waals surface area contributed by atoms with Crippen molar-refractivity contribution in [3.63, 3.8) is 0 Å². The van der Waals surface area contributed by atoms with E-state index in [1.807, 2.05) is 31.2 Å². The summed E-state index contributed by atoms with van der Waals surface area (Å²) in [5, 5.41) is 0. The maximum atomic E-state index is 12.3. The second-order valence-corrected chi connectivity index (χ2v) is 5.93. The predicted octanol–water partition coefficient (Wildman–Crippen LogP) is 1.56. The quantitative estimate of drug-likeness (QED) is 0.732. The lowest BCUT2D eigenvalue weighted by Crippen LogP contribution is -2.27. The Kier molecular flexibility index (Phi) is 2.06. The SMILES string of the molecule is Cc1ccc([S@@](=O)[C@@]23O[C@@H]2CCC3=O)cc1. The van der Waals surface area contributed by atoms with Gasteiger partial charge in [-0.3, -0.25) is 9.00 Å². The van der Waals surface area contributed by atoms with Crippen molar-refractivity contribution in [1.29, 1.82) is 0 Å². The van der Waals surface area contributed by atoms with E-state index in [0.29, 0.717) is 11.3 Å². The molecule has 3 nitrogen and oxygen atoms in total. The standard InChI is InChI=1S/C12H12O3S/c1-8-2-4-9(5-3-8)16(14)12-10(13)6-7-11(12)15-12/h2-5,11H,6-7H2,1H3/t11-,12-,16-/m1/s1. The van der Waals surface area contributed by atoms with E-state index in [4.69, 9.17) is 4.74 Å². The number of ether oxygens (including phenoxy) is 1. The van der Waals surface area contributed by atoms with Crippen LogP contribution in [-0.4, -0.2) is 21.0 Å². The molecule has 0 unspecified atom stereocenters. The van der Waals surface area contributed by atoms with Crippen LogP contribution in [0.3, 0.4) is 0 Å². The summed E-state index contributed by atoms with van der Waals surface area (Å²) >= 11 is 0. The molecule has 0 radical (unpaired) electrons. The van der Waals surface area contributed by atoms with Gasteiger partial charge in [-0.2, -0.15) is 0 Å². The number of ketones is 1. The number of Topliss-reactive ketones (excluding diaryl/α,β-unsaturated/α-hetero) is 1. The molecule has 1 saturated carbocycles. The number of carbonyl (C=O) groups is 1. The van der Waals surface area contributed by atoms with Crippen molar-refractivity contribution in [3.8, 4) is 0 Å². The van der Waals surface area contributed by atoms with E-state index >= 15 is 0 Å². The second-order valence-electron chi connectivity index (χ2n) is 4.32. The fourth-order valence-corrected chi connectivity index (χ4v) is 3.81. The molecule has 2 aliphatic rings. The average Bonchev–Trinajstić information content (AvgIpc) is 2.94. The Bertz CT molecular complexity index is 480. The lowest BCUT2D eigenvalue weighted by molar-refractivity contribution is -0.121. The lowest BCUT2D eigenvalue weighted by Gasteiger charge is -2.07. The fraction of sp³-hybridized carbons (Fsp3) is 0.417. The van der Waals surface area contributed by atoms with E-state index in [1.54, 1.807) is 0 Å². The molecule has 1 saturated heterocycles. The van der Waals surface area contributed by atoms with Crippen LogP contribution in [0.4, 0.5) is 0 Å². The smallest absolute Gasteiger partial charge is 0.232 e. The van der Waals surface area contributed by atoms with Gasteiger partial charge in [-0.15, -0.1) is 0 Å². The highest BCUT2D eigenvalue weighted by Crippen LogP contribution is 2.51. The van der Waals surface area contributed by atoms with E-state index in [-0.39, 0.29) is 11.9 Å². The molecule has 1 heterocycles. The molecule has 1 aliphatic heterocycles. The minimum absolute atomic E-state index is 0.00333. The summed E-state index contributed by atoms with van der Waals surface area (Å²) in [6.07, 6.45) is 1.11. The lowest BCUT2D eigenvalue weighted by atomic mass is 10.2. The summed E-state index contributed by atoms with van der Waals surface area (Å²) in [5.41, 5.74) is 1.12. The van der Waals surface area contributed by atoms with Gasteiger partial charge in [-0.05, 0) is 25.5 Å². The molecule has 0 amide bonds. The molecule has 0 spiro atoms. The van der Waals surface area contributed by atoms with Gasteiger partial charge in [0.2, 0.25) is 4.93 Å². The van der Waals surface area contributed by atoms with Crippen LogP contribution in [0.15, 0.2) is 29.2 Å². The van der Waals surface area contributed by atoms with Gasteiger partial charge in [-0.1, -0.05) is 17.7 Å². The van der Waals surface area contributed by atoms with Gasteiger partial charge in [0.05, 0.1) is 10.8 Å². The van der Waals surface area contributed by atoms with Gasteiger partial charge in [0, 0.05) is 11.3 Å². The number of epoxide rings is 1. The highest BCUT2D eigenvalue weighted by Gasteiger charge is 2.70. The monoisotopic (exact) mass is 236 g/mol. The number of fused-ring (bicyclic) bond motifs is 1. The summed E-state index contributed by atoms with van der Waals surface area (Å²) in [5.74, 6) is -0.00333. The van der Waals surface area contributed by atoms with Gasteiger partial charge in [-0.25, -0.2) is 0 Å². The van der Waals surface area contributed by atoms with E-state index < -0.39 is 15.7 Å². The van der Waals surface area contributed by atoms with E-state index in [2.05, 4.69) is 0 Å². The van der Waals surface area contributed by atoms with Crippen molar-refractivity contribution in [1.82, 2.24) is 0 Å². The first-order valence-corrected chi connectivity index (χ1v) is 6.49. The minimum Gasteiger partial charge on any atom is -0.344 e. The van der Waals surface area contributed by atoms with Crippen LogP contribution >= 0.6 is 0 Å². The topological polar surface area (TPSA) is 46.7 Å². The van der Waals surface area contributed by atoms with Gasteiger partial charge in [0.15, 0.2) is 5.78 Å². The third-order valence-corrected chi connectivity index (χ3v) is 5.05. The zero-order valence-electron chi connectivity index (χ0n) is 8.93. The maximum absolute atomic E-state index is 12.3. The molecule has 2 fully saturated rings. The summed E-state index contributed by atoms with van der Waals surface area (Å²) in [7, 11) is -1.36. The van der Waals surface area contributed by atoms with Crippen LogP contribution < -0.4 is 0 Å². The zero-order chi connectivity index (χ0) is 11.3. The molecule has 1 aliphatic carbocycles. The normalized spacial score (nSPS) is 33.6. The van der Waals surface area contributed by atoms with E-state index in [0.717, 1.165) is 12.0 Å². The van der Waals surface area contributed by atoms with Crippen LogP contribution in [0.1, 0.15) is 18.4 Å². The molecule has 0 aromatic heterocycles. The molecule has 84 valence electrons. The van der Waals surface area contributed by atoms with Gasteiger partial charge < -0.3 is 4.74 Å². The Morgan fingerprint density at radius 3 is 2.56 bits per heavy atom. The van der Waals surface area contributed by atoms with Crippen LogP contribution in [-0.2, 0) is 20.3 Å². The number of hydrogen-bond acceptors (Lipinski definition) is 3. The van der Waals surface area contributed by atoms with Crippen molar-refractivity contribution in [3.05, 3.63) is 29.8 Å². The van der Waals surface area contributed by atoms with Crippen molar-refractivity contribution in [2.75, 3.05) is 0 Å². The molecule has 16 heavy (non-hydrogen) atoms. The highest BCUT2D eigenvalue weighted by atomic mass is 32.2. The molecule has 1 aromatic rings. The number of carbonyl (C=O) groups excluding carboxylic acids is 1. The summed E-state index contributed by atoms with van der Waals surface area (Å²) < 4.78 is 17.6. The summed E-state index contributed by atoms with van der Waals surface area (Å²) in [4.78, 5) is 11.4.